The Bertz CT molecular complexity index is 232. The van der Waals surface area contributed by atoms with Crippen molar-refractivity contribution in [3.8, 4) is 0 Å². The molecule has 0 heterocycles. The number of methoxy groups -OCH3 is 1. The number of carbonyl (C=O) groups is 2. The number of carbonyl (C=O) groups excluding carboxylic acids is 1. The lowest BCUT2D eigenvalue weighted by Crippen LogP contribution is -2.49. The number of ether oxygens (including phenoxy) is 1. The first-order valence-electron chi connectivity index (χ1n) is 4.67. The highest BCUT2D eigenvalue weighted by molar-refractivity contribution is 5.82. The van der Waals surface area contributed by atoms with E-state index in [1.165, 1.54) is 14.0 Å². The average Bonchev–Trinajstić information content (AvgIpc) is 2.16. The third-order valence-electron chi connectivity index (χ3n) is 2.19. The molecule has 6 heteroatoms. The van der Waals surface area contributed by atoms with Gasteiger partial charge < -0.3 is 20.9 Å². The Morgan fingerprint density at radius 1 is 1.47 bits per heavy atom. The molecule has 88 valence electrons. The van der Waals surface area contributed by atoms with Crippen molar-refractivity contribution in [3.63, 3.8) is 0 Å². The average molecular weight is 218 g/mol. The number of hydrogen-bond donors (Lipinski definition) is 3. The van der Waals surface area contributed by atoms with E-state index in [1.54, 1.807) is 6.92 Å². The topological polar surface area (TPSA) is 102 Å². The quantitative estimate of drug-likeness (QED) is 0.541. The lowest BCUT2D eigenvalue weighted by molar-refractivity contribution is -0.142. The van der Waals surface area contributed by atoms with Crippen molar-refractivity contribution < 1.29 is 19.4 Å². The maximum Gasteiger partial charge on any atom is 0.308 e. The van der Waals surface area contributed by atoms with Crippen molar-refractivity contribution in [2.24, 2.45) is 11.7 Å². The first kappa shape index (κ1) is 13.9. The number of amides is 1. The molecule has 6 nitrogen and oxygen atoms in total. The first-order valence-corrected chi connectivity index (χ1v) is 4.67. The Hall–Kier alpha value is -1.14. The number of carboxylic acids is 1. The molecule has 0 saturated heterocycles. The van der Waals surface area contributed by atoms with Crippen LogP contribution in [0.5, 0.6) is 0 Å². The number of hydrogen-bond acceptors (Lipinski definition) is 4. The van der Waals surface area contributed by atoms with Crippen molar-refractivity contribution in [3.05, 3.63) is 0 Å². The molecule has 0 aromatic heterocycles. The van der Waals surface area contributed by atoms with Crippen LogP contribution in [0.25, 0.3) is 0 Å². The third kappa shape index (κ3) is 4.75. The zero-order valence-electron chi connectivity index (χ0n) is 9.19. The maximum atomic E-state index is 11.4. The van der Waals surface area contributed by atoms with E-state index in [4.69, 9.17) is 15.6 Å². The fourth-order valence-corrected chi connectivity index (χ4v) is 0.926. The Balaban J connectivity index is 4.11. The van der Waals surface area contributed by atoms with Gasteiger partial charge in [-0.1, -0.05) is 0 Å². The third-order valence-corrected chi connectivity index (χ3v) is 2.19. The van der Waals surface area contributed by atoms with E-state index in [9.17, 15) is 9.59 Å². The van der Waals surface area contributed by atoms with Gasteiger partial charge in [-0.3, -0.25) is 9.59 Å². The molecule has 0 aliphatic carbocycles. The zero-order chi connectivity index (χ0) is 12.0. The zero-order valence-corrected chi connectivity index (χ0v) is 9.19. The van der Waals surface area contributed by atoms with E-state index in [2.05, 4.69) is 5.32 Å². The van der Waals surface area contributed by atoms with Crippen LogP contribution in [0.2, 0.25) is 0 Å². The maximum absolute atomic E-state index is 11.4. The summed E-state index contributed by atoms with van der Waals surface area (Å²) < 4.78 is 4.71. The molecule has 15 heavy (non-hydrogen) atoms. The van der Waals surface area contributed by atoms with Crippen LogP contribution in [-0.4, -0.2) is 42.8 Å². The van der Waals surface area contributed by atoms with E-state index < -0.39 is 29.9 Å². The second-order valence-corrected chi connectivity index (χ2v) is 3.49. The van der Waals surface area contributed by atoms with E-state index in [1.807, 2.05) is 0 Å². The van der Waals surface area contributed by atoms with Gasteiger partial charge >= 0.3 is 5.97 Å². The van der Waals surface area contributed by atoms with Crippen LogP contribution >= 0.6 is 0 Å². The van der Waals surface area contributed by atoms with E-state index >= 15 is 0 Å². The summed E-state index contributed by atoms with van der Waals surface area (Å²) in [6, 6.07) is -1.23. The Morgan fingerprint density at radius 3 is 2.40 bits per heavy atom. The fourth-order valence-electron chi connectivity index (χ4n) is 0.926. The molecule has 0 spiro atoms. The summed E-state index contributed by atoms with van der Waals surface area (Å²) in [6.45, 7) is 3.26. The monoisotopic (exact) mass is 218 g/mol. The van der Waals surface area contributed by atoms with Crippen LogP contribution in [0.3, 0.4) is 0 Å². The summed E-state index contributed by atoms with van der Waals surface area (Å²) in [5.41, 5.74) is 5.47. The Kier molecular flexibility index (Phi) is 5.88. The van der Waals surface area contributed by atoms with E-state index in [-0.39, 0.29) is 6.61 Å². The van der Waals surface area contributed by atoms with Crippen LogP contribution in [0.1, 0.15) is 13.8 Å². The highest BCUT2D eigenvalue weighted by Gasteiger charge is 2.23. The minimum Gasteiger partial charge on any atom is -0.481 e. The van der Waals surface area contributed by atoms with Crippen molar-refractivity contribution >= 4 is 11.9 Å². The summed E-state index contributed by atoms with van der Waals surface area (Å²) >= 11 is 0. The van der Waals surface area contributed by atoms with Crippen molar-refractivity contribution in [2.75, 3.05) is 13.7 Å². The molecular formula is C9H18N2O4. The summed E-state index contributed by atoms with van der Waals surface area (Å²) in [5.74, 6) is -2.01. The molecule has 1 amide bonds. The number of rotatable bonds is 6. The van der Waals surface area contributed by atoms with Gasteiger partial charge in [0.2, 0.25) is 5.91 Å². The summed E-state index contributed by atoms with van der Waals surface area (Å²) in [7, 11) is 1.44. The molecule has 0 aliphatic heterocycles. The molecule has 4 N–H and O–H groups in total. The van der Waals surface area contributed by atoms with Gasteiger partial charge in [-0.25, -0.2) is 0 Å². The number of nitrogens with one attached hydrogen (secondary N) is 1. The van der Waals surface area contributed by atoms with E-state index in [0.717, 1.165) is 0 Å². The smallest absolute Gasteiger partial charge is 0.308 e. The second kappa shape index (κ2) is 6.36. The molecule has 0 aromatic rings. The minimum atomic E-state index is -0.955. The van der Waals surface area contributed by atoms with Crippen LogP contribution in [0, 0.1) is 5.92 Å². The molecule has 3 unspecified atom stereocenters. The van der Waals surface area contributed by atoms with E-state index in [0.29, 0.717) is 0 Å². The number of carboxylic acid groups (broad SMARTS) is 1. The van der Waals surface area contributed by atoms with Gasteiger partial charge in [-0.05, 0) is 13.8 Å². The van der Waals surface area contributed by atoms with Gasteiger partial charge in [-0.2, -0.15) is 0 Å². The summed E-state index contributed by atoms with van der Waals surface area (Å²) in [5, 5.41) is 11.2. The lowest BCUT2D eigenvalue weighted by Gasteiger charge is -2.19. The van der Waals surface area contributed by atoms with Crippen LogP contribution in [-0.2, 0) is 14.3 Å². The second-order valence-electron chi connectivity index (χ2n) is 3.49. The normalized spacial score (nSPS) is 16.5. The standard InChI is InChI=1S/C9H18N2O4/c1-5(9(13)14)6(2)11-8(12)7(10)4-15-3/h5-7H,4,10H2,1-3H3,(H,11,12)(H,13,14). The predicted octanol–water partition coefficient (Wildman–Crippen LogP) is -0.814. The fraction of sp³-hybridized carbons (Fsp3) is 0.778. The molecule has 0 saturated carbocycles. The minimum absolute atomic E-state index is 0.111. The summed E-state index contributed by atoms with van der Waals surface area (Å²) in [6.07, 6.45) is 0. The van der Waals surface area contributed by atoms with Gasteiger partial charge in [-0.15, -0.1) is 0 Å². The van der Waals surface area contributed by atoms with Crippen molar-refractivity contribution in [1.29, 1.82) is 0 Å². The highest BCUT2D eigenvalue weighted by Crippen LogP contribution is 2.02. The predicted molar refractivity (Wildman–Crippen MR) is 54.3 cm³/mol. The van der Waals surface area contributed by atoms with Crippen molar-refractivity contribution in [1.82, 2.24) is 5.32 Å². The van der Waals surface area contributed by atoms with Crippen molar-refractivity contribution in [2.45, 2.75) is 25.9 Å². The summed E-state index contributed by atoms with van der Waals surface area (Å²) in [4.78, 5) is 22.0. The molecule has 0 aromatic carbocycles. The molecule has 0 fully saturated rings. The number of aliphatic carboxylic acids is 1. The van der Waals surface area contributed by atoms with Crippen LogP contribution in [0.15, 0.2) is 0 Å². The van der Waals surface area contributed by atoms with Gasteiger partial charge in [0.15, 0.2) is 0 Å². The van der Waals surface area contributed by atoms with Crippen LogP contribution in [0.4, 0.5) is 0 Å². The largest absolute Gasteiger partial charge is 0.481 e. The highest BCUT2D eigenvalue weighted by atomic mass is 16.5. The molecule has 0 rings (SSSR count). The van der Waals surface area contributed by atoms with Gasteiger partial charge in [0, 0.05) is 13.2 Å². The SMILES string of the molecule is COCC(N)C(=O)NC(C)C(C)C(=O)O. The van der Waals surface area contributed by atoms with Gasteiger partial charge in [0.1, 0.15) is 6.04 Å². The molecule has 3 atom stereocenters. The molecule has 0 radical (unpaired) electrons. The van der Waals surface area contributed by atoms with Crippen LogP contribution < -0.4 is 11.1 Å². The lowest BCUT2D eigenvalue weighted by atomic mass is 10.0. The molecule has 0 bridgehead atoms. The Labute approximate surface area is 88.8 Å². The molecular weight excluding hydrogens is 200 g/mol. The first-order chi connectivity index (χ1) is 6.90. The van der Waals surface area contributed by atoms with Gasteiger partial charge in [0.05, 0.1) is 12.5 Å². The van der Waals surface area contributed by atoms with Gasteiger partial charge in [0.25, 0.3) is 0 Å². The Morgan fingerprint density at radius 2 is 2.00 bits per heavy atom. The molecule has 0 aliphatic rings. The number of nitrogens with two attached hydrogens (primary N) is 1.